The van der Waals surface area contributed by atoms with Gasteiger partial charge in [0, 0.05) is 18.2 Å². The fraction of sp³-hybridized carbons (Fsp3) is 0.500. The third-order valence-corrected chi connectivity index (χ3v) is 4.01. The number of carboxylic acids is 1. The van der Waals surface area contributed by atoms with Gasteiger partial charge < -0.3 is 10.4 Å². The summed E-state index contributed by atoms with van der Waals surface area (Å²) >= 11 is 1.19. The van der Waals surface area contributed by atoms with Crippen molar-refractivity contribution in [2.45, 2.75) is 26.2 Å². The van der Waals surface area contributed by atoms with Gasteiger partial charge in [-0.05, 0) is 19.3 Å². The van der Waals surface area contributed by atoms with Crippen molar-refractivity contribution < 1.29 is 19.5 Å². The van der Waals surface area contributed by atoms with Crippen molar-refractivity contribution in [1.29, 1.82) is 0 Å². The lowest BCUT2D eigenvalue weighted by atomic mass is 10.0. The van der Waals surface area contributed by atoms with Crippen LogP contribution in [0.5, 0.6) is 0 Å². The molecule has 0 bridgehead atoms. The molecule has 7 heteroatoms. The molecule has 0 aliphatic heterocycles. The predicted octanol–water partition coefficient (Wildman–Crippen LogP) is 1.79. The minimum absolute atomic E-state index is 0.149. The largest absolute Gasteiger partial charge is 0.481 e. The number of hydrogen-bond donors (Lipinski definition) is 2. The molecule has 1 heterocycles. The van der Waals surface area contributed by atoms with Crippen molar-refractivity contribution in [3.05, 3.63) is 11.1 Å². The van der Waals surface area contributed by atoms with Crippen LogP contribution in [0.15, 0.2) is 5.38 Å². The Labute approximate surface area is 113 Å². The van der Waals surface area contributed by atoms with E-state index >= 15 is 0 Å². The van der Waals surface area contributed by atoms with Crippen LogP contribution in [0.2, 0.25) is 0 Å². The molecule has 2 N–H and O–H groups in total. The average Bonchev–Trinajstić information content (AvgIpc) is 2.96. The molecule has 19 heavy (non-hydrogen) atoms. The number of ketones is 1. The number of carboxylic acid groups (broad SMARTS) is 1. The molecule has 6 nitrogen and oxygen atoms in total. The number of thiazole rings is 1. The van der Waals surface area contributed by atoms with Gasteiger partial charge in [0.2, 0.25) is 5.91 Å². The first-order chi connectivity index (χ1) is 8.97. The summed E-state index contributed by atoms with van der Waals surface area (Å²) in [6.45, 7) is 1.41. The van der Waals surface area contributed by atoms with E-state index in [1.807, 2.05) is 0 Å². The number of aromatic nitrogens is 1. The fourth-order valence-electron chi connectivity index (χ4n) is 2.14. The maximum Gasteiger partial charge on any atom is 0.306 e. The number of carbonyl (C=O) groups excluding carboxylic acids is 2. The molecule has 2 atom stereocenters. The SMILES string of the molecule is CC(=O)c1csc(NC(=O)C2CCC(C(=O)O)C2)n1. The zero-order valence-corrected chi connectivity index (χ0v) is 11.2. The van der Waals surface area contributed by atoms with Crippen LogP contribution in [0.3, 0.4) is 0 Å². The number of anilines is 1. The zero-order valence-electron chi connectivity index (χ0n) is 10.4. The highest BCUT2D eigenvalue weighted by atomic mass is 32.1. The van der Waals surface area contributed by atoms with Gasteiger partial charge in [-0.1, -0.05) is 0 Å². The van der Waals surface area contributed by atoms with Crippen LogP contribution in [0.25, 0.3) is 0 Å². The van der Waals surface area contributed by atoms with E-state index in [0.29, 0.717) is 30.1 Å². The van der Waals surface area contributed by atoms with Gasteiger partial charge in [0.15, 0.2) is 10.9 Å². The Morgan fingerprint density at radius 3 is 2.58 bits per heavy atom. The molecule has 1 aliphatic carbocycles. The number of amides is 1. The van der Waals surface area contributed by atoms with E-state index in [-0.39, 0.29) is 17.6 Å². The van der Waals surface area contributed by atoms with Crippen molar-refractivity contribution >= 4 is 34.1 Å². The molecule has 1 aromatic heterocycles. The van der Waals surface area contributed by atoms with Crippen LogP contribution < -0.4 is 5.32 Å². The van der Waals surface area contributed by atoms with Crippen LogP contribution in [-0.4, -0.2) is 27.8 Å². The summed E-state index contributed by atoms with van der Waals surface area (Å²) < 4.78 is 0. The van der Waals surface area contributed by atoms with Crippen molar-refractivity contribution in [2.75, 3.05) is 5.32 Å². The van der Waals surface area contributed by atoms with Crippen molar-refractivity contribution in [3.63, 3.8) is 0 Å². The summed E-state index contributed by atoms with van der Waals surface area (Å²) in [6, 6.07) is 0. The number of nitrogens with zero attached hydrogens (tertiary/aromatic N) is 1. The first kappa shape index (κ1) is 13.7. The predicted molar refractivity (Wildman–Crippen MR) is 69.2 cm³/mol. The fourth-order valence-corrected chi connectivity index (χ4v) is 2.90. The lowest BCUT2D eigenvalue weighted by Gasteiger charge is -2.08. The Morgan fingerprint density at radius 2 is 2.05 bits per heavy atom. The summed E-state index contributed by atoms with van der Waals surface area (Å²) in [6.07, 6.45) is 1.48. The van der Waals surface area contributed by atoms with Crippen LogP contribution in [0.4, 0.5) is 5.13 Å². The molecule has 0 spiro atoms. The van der Waals surface area contributed by atoms with E-state index in [0.717, 1.165) is 0 Å². The first-order valence-corrected chi connectivity index (χ1v) is 6.85. The first-order valence-electron chi connectivity index (χ1n) is 5.97. The summed E-state index contributed by atoms with van der Waals surface area (Å²) in [5, 5.41) is 13.5. The number of nitrogens with one attached hydrogen (secondary N) is 1. The third kappa shape index (κ3) is 3.17. The average molecular weight is 282 g/mol. The van der Waals surface area contributed by atoms with E-state index < -0.39 is 11.9 Å². The number of carbonyl (C=O) groups is 3. The Kier molecular flexibility index (Phi) is 3.94. The van der Waals surface area contributed by atoms with Gasteiger partial charge >= 0.3 is 5.97 Å². The van der Waals surface area contributed by atoms with Crippen LogP contribution >= 0.6 is 11.3 Å². The summed E-state index contributed by atoms with van der Waals surface area (Å²) in [4.78, 5) is 37.8. The summed E-state index contributed by atoms with van der Waals surface area (Å²) in [7, 11) is 0. The second kappa shape index (κ2) is 5.48. The summed E-state index contributed by atoms with van der Waals surface area (Å²) in [5.74, 6) is -1.93. The van der Waals surface area contributed by atoms with Crippen molar-refractivity contribution in [2.24, 2.45) is 11.8 Å². The number of aliphatic carboxylic acids is 1. The van der Waals surface area contributed by atoms with E-state index in [1.54, 1.807) is 5.38 Å². The standard InChI is InChI=1S/C12H14N2O4S/c1-6(15)9-5-19-12(13-9)14-10(16)7-2-3-8(4-7)11(17)18/h5,7-8H,2-4H2,1H3,(H,17,18)(H,13,14,16). The van der Waals surface area contributed by atoms with Gasteiger partial charge in [-0.25, -0.2) is 4.98 Å². The Hall–Kier alpha value is -1.76. The molecule has 1 aliphatic rings. The van der Waals surface area contributed by atoms with E-state index in [9.17, 15) is 14.4 Å². The zero-order chi connectivity index (χ0) is 14.0. The highest BCUT2D eigenvalue weighted by Crippen LogP contribution is 2.32. The highest BCUT2D eigenvalue weighted by molar-refractivity contribution is 7.14. The van der Waals surface area contributed by atoms with Crippen LogP contribution in [0, 0.1) is 11.8 Å². The van der Waals surface area contributed by atoms with Crippen molar-refractivity contribution in [1.82, 2.24) is 4.98 Å². The molecule has 2 rings (SSSR count). The van der Waals surface area contributed by atoms with Gasteiger partial charge in [0.25, 0.3) is 0 Å². The van der Waals surface area contributed by atoms with Crippen molar-refractivity contribution in [3.8, 4) is 0 Å². The van der Waals surface area contributed by atoms with Gasteiger partial charge in [-0.3, -0.25) is 14.4 Å². The molecule has 1 aromatic rings. The van der Waals surface area contributed by atoms with Crippen LogP contribution in [0.1, 0.15) is 36.7 Å². The lowest BCUT2D eigenvalue weighted by molar-refractivity contribution is -0.141. The maximum absolute atomic E-state index is 11.9. The minimum Gasteiger partial charge on any atom is -0.481 e. The lowest BCUT2D eigenvalue weighted by Crippen LogP contribution is -2.21. The van der Waals surface area contributed by atoms with Gasteiger partial charge in [0.05, 0.1) is 5.92 Å². The molecule has 102 valence electrons. The molecule has 0 aromatic carbocycles. The smallest absolute Gasteiger partial charge is 0.306 e. The third-order valence-electron chi connectivity index (χ3n) is 3.25. The number of rotatable bonds is 4. The Morgan fingerprint density at radius 1 is 1.37 bits per heavy atom. The minimum atomic E-state index is -0.844. The Balaban J connectivity index is 1.94. The monoisotopic (exact) mass is 282 g/mol. The highest BCUT2D eigenvalue weighted by Gasteiger charge is 2.34. The maximum atomic E-state index is 11.9. The van der Waals surface area contributed by atoms with E-state index in [4.69, 9.17) is 5.11 Å². The molecular formula is C12H14N2O4S. The molecule has 1 fully saturated rings. The van der Waals surface area contributed by atoms with Crippen LogP contribution in [-0.2, 0) is 9.59 Å². The number of Topliss-reactive ketones (excluding diaryl/α,β-unsaturated/α-hetero) is 1. The van der Waals surface area contributed by atoms with Gasteiger partial charge in [-0.15, -0.1) is 11.3 Å². The van der Waals surface area contributed by atoms with E-state index in [2.05, 4.69) is 10.3 Å². The molecule has 0 radical (unpaired) electrons. The quantitative estimate of drug-likeness (QED) is 0.821. The molecule has 1 saturated carbocycles. The van der Waals surface area contributed by atoms with Gasteiger partial charge in [-0.2, -0.15) is 0 Å². The Bertz CT molecular complexity index is 526. The number of hydrogen-bond acceptors (Lipinski definition) is 5. The molecular weight excluding hydrogens is 268 g/mol. The topological polar surface area (TPSA) is 96.4 Å². The molecule has 2 unspecified atom stereocenters. The normalized spacial score (nSPS) is 22.2. The summed E-state index contributed by atoms with van der Waals surface area (Å²) in [5.41, 5.74) is 0.329. The molecule has 1 amide bonds. The van der Waals surface area contributed by atoms with Gasteiger partial charge in [0.1, 0.15) is 5.69 Å². The van der Waals surface area contributed by atoms with E-state index in [1.165, 1.54) is 18.3 Å². The second-order valence-corrected chi connectivity index (χ2v) is 5.49. The second-order valence-electron chi connectivity index (χ2n) is 4.63. The molecule has 0 saturated heterocycles.